The van der Waals surface area contributed by atoms with E-state index in [-0.39, 0.29) is 17.0 Å². The molecule has 5 aromatic carbocycles. The first kappa shape index (κ1) is 34.1. The van der Waals surface area contributed by atoms with Crippen LogP contribution in [0.1, 0.15) is 115 Å². The van der Waals surface area contributed by atoms with E-state index in [0.29, 0.717) is 11.8 Å². The molecule has 3 nitrogen and oxygen atoms in total. The summed E-state index contributed by atoms with van der Waals surface area (Å²) in [7, 11) is 0. The van der Waals surface area contributed by atoms with Crippen LogP contribution in [0.2, 0.25) is 0 Å². The highest BCUT2D eigenvalue weighted by molar-refractivity contribution is 6.13. The van der Waals surface area contributed by atoms with Crippen LogP contribution < -0.4 is 5.32 Å². The topological polar surface area (TPSA) is 37.5 Å². The van der Waals surface area contributed by atoms with E-state index < -0.39 is 0 Å². The molecule has 1 N–H and O–H groups in total. The molecule has 0 saturated heterocycles. The standard InChI is InChI=1S/C55H48N2O/c1-54(2)45-20-13-18-38(52(45)43-32-47-42(31-46(43)54)39-16-7-9-19-44(39)55(47)28-11-4-12-29-55)34-22-24-35(25-23-34)48-33-49(57-53(56-48)36-14-5-3-6-15-36)37-26-27-41-40-17-8-10-21-50(40)58-51(41)30-37/h3,5-7,9-10,13-16,18-27,30-33,42,47,53,57H,4,8,11-12,17,28-29H2,1-2H3. The maximum atomic E-state index is 6.36. The van der Waals surface area contributed by atoms with Crippen molar-refractivity contribution >= 4 is 34.0 Å². The summed E-state index contributed by atoms with van der Waals surface area (Å²) in [5, 5.41) is 4.98. The molecule has 1 aliphatic heterocycles. The van der Waals surface area contributed by atoms with Gasteiger partial charge in [0.2, 0.25) is 0 Å². The maximum absolute atomic E-state index is 6.36. The fourth-order valence-corrected chi connectivity index (χ4v) is 11.9. The quantitative estimate of drug-likeness (QED) is 0.195. The lowest BCUT2D eigenvalue weighted by atomic mass is 9.62. The van der Waals surface area contributed by atoms with Gasteiger partial charge in [-0.2, -0.15) is 0 Å². The summed E-state index contributed by atoms with van der Waals surface area (Å²) < 4.78 is 6.36. The van der Waals surface area contributed by atoms with E-state index in [0.717, 1.165) is 52.3 Å². The average molecular weight is 753 g/mol. The molecule has 1 saturated carbocycles. The van der Waals surface area contributed by atoms with E-state index >= 15 is 0 Å². The Morgan fingerprint density at radius 3 is 2.38 bits per heavy atom. The molecule has 0 bridgehead atoms. The fourth-order valence-electron chi connectivity index (χ4n) is 11.9. The van der Waals surface area contributed by atoms with Gasteiger partial charge in [0.15, 0.2) is 0 Å². The highest BCUT2D eigenvalue weighted by Gasteiger charge is 2.54. The van der Waals surface area contributed by atoms with Gasteiger partial charge in [0.25, 0.3) is 0 Å². The summed E-state index contributed by atoms with van der Waals surface area (Å²) in [5.41, 5.74) is 19.5. The number of allylic oxidation sites excluding steroid dienone is 6. The number of nitrogens with zero attached hydrogens (tertiary/aromatic N) is 1. The van der Waals surface area contributed by atoms with Gasteiger partial charge < -0.3 is 9.73 Å². The Balaban J connectivity index is 0.930. The van der Waals surface area contributed by atoms with Gasteiger partial charge in [-0.05, 0) is 105 Å². The van der Waals surface area contributed by atoms with Gasteiger partial charge >= 0.3 is 0 Å². The van der Waals surface area contributed by atoms with Crippen LogP contribution in [0.4, 0.5) is 0 Å². The monoisotopic (exact) mass is 752 g/mol. The van der Waals surface area contributed by atoms with Gasteiger partial charge in [-0.3, -0.25) is 4.99 Å². The molecule has 284 valence electrons. The van der Waals surface area contributed by atoms with Crippen LogP contribution in [0.15, 0.2) is 155 Å². The van der Waals surface area contributed by atoms with Gasteiger partial charge in [-0.1, -0.05) is 161 Å². The molecule has 1 aromatic heterocycles. The largest absolute Gasteiger partial charge is 0.456 e. The molecule has 0 radical (unpaired) electrons. The second kappa shape index (κ2) is 12.8. The second-order valence-corrected chi connectivity index (χ2v) is 18.1. The van der Waals surface area contributed by atoms with Crippen molar-refractivity contribution in [3.8, 4) is 11.1 Å². The Morgan fingerprint density at radius 2 is 1.52 bits per heavy atom. The van der Waals surface area contributed by atoms with Crippen LogP contribution in [-0.4, -0.2) is 5.71 Å². The molecule has 1 spiro atoms. The lowest BCUT2D eigenvalue weighted by Crippen LogP contribution is -2.35. The Hall–Kier alpha value is -5.93. The highest BCUT2D eigenvalue weighted by Crippen LogP contribution is 2.64. The summed E-state index contributed by atoms with van der Waals surface area (Å²) >= 11 is 0. The first-order chi connectivity index (χ1) is 28.5. The lowest BCUT2D eigenvalue weighted by molar-refractivity contribution is 0.233. The predicted molar refractivity (Wildman–Crippen MR) is 239 cm³/mol. The van der Waals surface area contributed by atoms with Crippen LogP contribution in [-0.2, 0) is 17.3 Å². The highest BCUT2D eigenvalue weighted by atomic mass is 16.3. The zero-order chi connectivity index (χ0) is 38.6. The summed E-state index contributed by atoms with van der Waals surface area (Å²) in [6.45, 7) is 4.89. The molecule has 6 aromatic rings. The summed E-state index contributed by atoms with van der Waals surface area (Å²) in [6, 6.07) is 42.9. The fraction of sp³-hybridized carbons (Fsp3) is 0.255. The lowest BCUT2D eigenvalue weighted by Gasteiger charge is -2.42. The third kappa shape index (κ3) is 5.01. The summed E-state index contributed by atoms with van der Waals surface area (Å²) in [4.78, 5) is 5.32. The van der Waals surface area contributed by atoms with E-state index in [4.69, 9.17) is 9.41 Å². The SMILES string of the molecule is CC1(C)C2=CC3c4ccccc4C4(CCCCC4)C3C=C2c2c(-c3ccc(C4=NC(c5ccccc5)NC(c5ccc6c7c(oc6c5)C=CCC7)=C4)cc3)cccc21. The van der Waals surface area contributed by atoms with Crippen LogP contribution in [0.3, 0.4) is 0 Å². The number of fused-ring (bicyclic) bond motifs is 11. The first-order valence-corrected chi connectivity index (χ1v) is 21.6. The minimum atomic E-state index is -0.208. The van der Waals surface area contributed by atoms with Crippen LogP contribution in [0, 0.1) is 5.92 Å². The van der Waals surface area contributed by atoms with Crippen LogP contribution >= 0.6 is 0 Å². The van der Waals surface area contributed by atoms with Gasteiger partial charge in [0.05, 0.1) is 5.71 Å². The Kier molecular flexibility index (Phi) is 7.53. The van der Waals surface area contributed by atoms with Gasteiger partial charge in [-0.25, -0.2) is 0 Å². The molecule has 2 heterocycles. The molecule has 12 rings (SSSR count). The average Bonchev–Trinajstić information content (AvgIpc) is 3.86. The number of benzene rings is 5. The van der Waals surface area contributed by atoms with Gasteiger partial charge in [-0.15, -0.1) is 0 Å². The predicted octanol–water partition coefficient (Wildman–Crippen LogP) is 13.4. The number of nitrogens with one attached hydrogen (secondary N) is 1. The number of furan rings is 1. The molecule has 3 unspecified atom stereocenters. The van der Waals surface area contributed by atoms with Crippen LogP contribution in [0.25, 0.3) is 39.4 Å². The molecule has 3 atom stereocenters. The van der Waals surface area contributed by atoms with E-state index in [2.05, 4.69) is 165 Å². The molecule has 3 heteroatoms. The number of hydrogen-bond acceptors (Lipinski definition) is 3. The van der Waals surface area contributed by atoms with Gasteiger partial charge in [0, 0.05) is 39.0 Å². The van der Waals surface area contributed by atoms with Crippen molar-refractivity contribution in [3.63, 3.8) is 0 Å². The summed E-state index contributed by atoms with van der Waals surface area (Å²) in [6.07, 6.45) is 20.5. The Morgan fingerprint density at radius 1 is 0.741 bits per heavy atom. The van der Waals surface area contributed by atoms with Crippen molar-refractivity contribution in [2.24, 2.45) is 10.9 Å². The minimum absolute atomic E-state index is 0.0640. The van der Waals surface area contributed by atoms with Crippen molar-refractivity contribution in [2.45, 2.75) is 81.7 Å². The molecule has 1 fully saturated rings. The van der Waals surface area contributed by atoms with E-state index in [1.807, 2.05) is 0 Å². The molecular weight excluding hydrogens is 705 g/mol. The molecular formula is C55H48N2O. The van der Waals surface area contributed by atoms with Crippen molar-refractivity contribution < 1.29 is 4.42 Å². The zero-order valence-corrected chi connectivity index (χ0v) is 33.4. The normalized spacial score (nSPS) is 23.1. The zero-order valence-electron chi connectivity index (χ0n) is 33.4. The Labute approximate surface area is 341 Å². The van der Waals surface area contributed by atoms with Crippen LogP contribution in [0.5, 0.6) is 0 Å². The smallest absolute Gasteiger partial charge is 0.145 e. The molecule has 0 amide bonds. The van der Waals surface area contributed by atoms with Gasteiger partial charge in [0.1, 0.15) is 17.5 Å². The van der Waals surface area contributed by atoms with E-state index in [1.54, 1.807) is 11.1 Å². The molecule has 58 heavy (non-hydrogen) atoms. The van der Waals surface area contributed by atoms with E-state index in [1.165, 1.54) is 76.5 Å². The van der Waals surface area contributed by atoms with Crippen molar-refractivity contribution in [3.05, 3.63) is 195 Å². The maximum Gasteiger partial charge on any atom is 0.145 e. The van der Waals surface area contributed by atoms with Crippen molar-refractivity contribution in [1.29, 1.82) is 0 Å². The second-order valence-electron chi connectivity index (χ2n) is 18.1. The number of hydrogen-bond donors (Lipinski definition) is 1. The summed E-state index contributed by atoms with van der Waals surface area (Å²) in [5.74, 6) is 1.96. The van der Waals surface area contributed by atoms with Crippen molar-refractivity contribution in [2.75, 3.05) is 0 Å². The molecule has 6 aliphatic rings. The number of aryl methyl sites for hydroxylation is 1. The third-order valence-corrected chi connectivity index (χ3v) is 14.7. The van der Waals surface area contributed by atoms with E-state index in [9.17, 15) is 0 Å². The van der Waals surface area contributed by atoms with Crippen molar-refractivity contribution in [1.82, 2.24) is 5.32 Å². The third-order valence-electron chi connectivity index (χ3n) is 14.7. The first-order valence-electron chi connectivity index (χ1n) is 21.6. The minimum Gasteiger partial charge on any atom is -0.456 e. The number of aliphatic imine (C=N–C) groups is 1. The molecule has 5 aliphatic carbocycles. The Bertz CT molecular complexity index is 2820. The number of rotatable bonds is 4.